The molecule has 2 aromatic heterocycles. The van der Waals surface area contributed by atoms with Crippen LogP contribution in [0.2, 0.25) is 0 Å². The number of hydrogen-bond donors (Lipinski definition) is 1. The molecule has 4 aromatic rings. The molecule has 27 heavy (non-hydrogen) atoms. The highest BCUT2D eigenvalue weighted by atomic mass is 32.2. The molecule has 4 rings (SSSR count). The summed E-state index contributed by atoms with van der Waals surface area (Å²) in [7, 11) is 0. The number of carbonyl (C=O) groups is 1. The van der Waals surface area contributed by atoms with Crippen LogP contribution >= 0.6 is 23.1 Å². The van der Waals surface area contributed by atoms with Gasteiger partial charge in [0.05, 0.1) is 5.75 Å². The fourth-order valence-corrected chi connectivity index (χ4v) is 4.55. The zero-order valence-corrected chi connectivity index (χ0v) is 16.1. The second kappa shape index (κ2) is 8.33. The Hall–Kier alpha value is -2.70. The summed E-state index contributed by atoms with van der Waals surface area (Å²) in [5.74, 6) is 0.323. The van der Waals surface area contributed by atoms with Crippen molar-refractivity contribution in [3.05, 3.63) is 78.6 Å². The number of nitrogens with one attached hydrogen (secondary N) is 1. The number of thiophene rings is 1. The second-order valence-electron chi connectivity index (χ2n) is 5.93. The van der Waals surface area contributed by atoms with E-state index in [0.29, 0.717) is 12.3 Å². The van der Waals surface area contributed by atoms with Crippen LogP contribution < -0.4 is 5.32 Å². The zero-order chi connectivity index (χ0) is 18.5. The first-order valence-corrected chi connectivity index (χ1v) is 10.3. The zero-order valence-electron chi connectivity index (χ0n) is 14.5. The van der Waals surface area contributed by atoms with Gasteiger partial charge in [0, 0.05) is 16.8 Å². The van der Waals surface area contributed by atoms with Crippen molar-refractivity contribution in [2.45, 2.75) is 11.6 Å². The normalized spacial score (nSPS) is 10.8. The van der Waals surface area contributed by atoms with Gasteiger partial charge in [0.1, 0.15) is 16.2 Å². The summed E-state index contributed by atoms with van der Waals surface area (Å²) in [5.41, 5.74) is 2.25. The van der Waals surface area contributed by atoms with E-state index in [1.54, 1.807) is 17.7 Å². The molecule has 4 nitrogen and oxygen atoms in total. The Morgan fingerprint density at radius 3 is 2.52 bits per heavy atom. The van der Waals surface area contributed by atoms with Gasteiger partial charge in [-0.2, -0.15) is 0 Å². The molecule has 0 atom stereocenters. The van der Waals surface area contributed by atoms with E-state index in [4.69, 9.17) is 0 Å². The van der Waals surface area contributed by atoms with Crippen molar-refractivity contribution in [1.82, 2.24) is 15.3 Å². The van der Waals surface area contributed by atoms with E-state index in [1.165, 1.54) is 11.8 Å². The Labute approximate surface area is 165 Å². The van der Waals surface area contributed by atoms with Crippen molar-refractivity contribution in [2.24, 2.45) is 0 Å². The third-order valence-electron chi connectivity index (χ3n) is 4.02. The highest BCUT2D eigenvalue weighted by Crippen LogP contribution is 2.35. The SMILES string of the molecule is O=C(CSc1ncnc2sc(-c3ccccc3)cc12)NCc1ccccc1. The molecular formula is C21H17N3OS2. The number of nitrogens with zero attached hydrogens (tertiary/aromatic N) is 2. The molecule has 0 saturated carbocycles. The van der Waals surface area contributed by atoms with E-state index >= 15 is 0 Å². The maximum absolute atomic E-state index is 12.2. The van der Waals surface area contributed by atoms with Gasteiger partial charge in [-0.05, 0) is 17.2 Å². The fourth-order valence-electron chi connectivity index (χ4n) is 2.67. The van der Waals surface area contributed by atoms with E-state index in [1.807, 2.05) is 48.5 Å². The first-order chi connectivity index (χ1) is 13.3. The summed E-state index contributed by atoms with van der Waals surface area (Å²) < 4.78 is 0. The third kappa shape index (κ3) is 4.35. The Morgan fingerprint density at radius 1 is 1.00 bits per heavy atom. The van der Waals surface area contributed by atoms with Crippen LogP contribution in [0, 0.1) is 0 Å². The van der Waals surface area contributed by atoms with Gasteiger partial charge in [0.15, 0.2) is 0 Å². The summed E-state index contributed by atoms with van der Waals surface area (Å²) in [6.07, 6.45) is 1.57. The lowest BCUT2D eigenvalue weighted by molar-refractivity contribution is -0.118. The minimum Gasteiger partial charge on any atom is -0.351 e. The maximum Gasteiger partial charge on any atom is 0.230 e. The van der Waals surface area contributed by atoms with Gasteiger partial charge in [0.2, 0.25) is 5.91 Å². The molecule has 0 aliphatic carbocycles. The fraction of sp³-hybridized carbons (Fsp3) is 0.0952. The average molecular weight is 392 g/mol. The summed E-state index contributed by atoms with van der Waals surface area (Å²) >= 11 is 3.09. The van der Waals surface area contributed by atoms with Gasteiger partial charge in [0.25, 0.3) is 0 Å². The molecule has 0 radical (unpaired) electrons. The van der Waals surface area contributed by atoms with Gasteiger partial charge in [-0.3, -0.25) is 4.79 Å². The third-order valence-corrected chi connectivity index (χ3v) is 6.12. The van der Waals surface area contributed by atoms with Crippen molar-refractivity contribution in [3.8, 4) is 10.4 Å². The van der Waals surface area contributed by atoms with Gasteiger partial charge < -0.3 is 5.32 Å². The Kier molecular flexibility index (Phi) is 5.46. The van der Waals surface area contributed by atoms with E-state index in [-0.39, 0.29) is 5.91 Å². The van der Waals surface area contributed by atoms with Gasteiger partial charge in [-0.15, -0.1) is 11.3 Å². The molecular weight excluding hydrogens is 374 g/mol. The molecule has 2 heterocycles. The van der Waals surface area contributed by atoms with Crippen molar-refractivity contribution in [2.75, 3.05) is 5.75 Å². The molecule has 0 aliphatic heterocycles. The van der Waals surface area contributed by atoms with Crippen LogP contribution in [0.4, 0.5) is 0 Å². The van der Waals surface area contributed by atoms with Crippen LogP contribution in [0.25, 0.3) is 20.7 Å². The number of benzene rings is 2. The predicted molar refractivity (Wildman–Crippen MR) is 112 cm³/mol. The quantitative estimate of drug-likeness (QED) is 0.380. The number of hydrogen-bond acceptors (Lipinski definition) is 5. The van der Waals surface area contributed by atoms with Crippen LogP contribution in [0.15, 0.2) is 78.1 Å². The molecule has 1 N–H and O–H groups in total. The number of aromatic nitrogens is 2. The molecule has 0 spiro atoms. The lowest BCUT2D eigenvalue weighted by Crippen LogP contribution is -2.24. The van der Waals surface area contributed by atoms with E-state index in [9.17, 15) is 4.79 Å². The molecule has 0 saturated heterocycles. The van der Waals surface area contributed by atoms with Gasteiger partial charge in [-0.1, -0.05) is 72.4 Å². The molecule has 0 aliphatic rings. The van der Waals surface area contributed by atoms with E-state index < -0.39 is 0 Å². The molecule has 6 heteroatoms. The smallest absolute Gasteiger partial charge is 0.230 e. The van der Waals surface area contributed by atoms with Crippen molar-refractivity contribution in [3.63, 3.8) is 0 Å². The van der Waals surface area contributed by atoms with Crippen molar-refractivity contribution in [1.29, 1.82) is 0 Å². The average Bonchev–Trinajstić information content (AvgIpc) is 3.17. The molecule has 0 fully saturated rings. The van der Waals surface area contributed by atoms with Gasteiger partial charge in [-0.25, -0.2) is 9.97 Å². The summed E-state index contributed by atoms with van der Waals surface area (Å²) in [6.45, 7) is 0.538. The number of carbonyl (C=O) groups excluding carboxylic acids is 1. The minimum absolute atomic E-state index is 0.00544. The Morgan fingerprint density at radius 2 is 1.74 bits per heavy atom. The van der Waals surface area contributed by atoms with Crippen molar-refractivity contribution >= 4 is 39.2 Å². The maximum atomic E-state index is 12.2. The Balaban J connectivity index is 1.44. The molecule has 2 aromatic carbocycles. The summed E-state index contributed by atoms with van der Waals surface area (Å²) in [6, 6.07) is 22.2. The van der Waals surface area contributed by atoms with Crippen LogP contribution in [0.3, 0.4) is 0 Å². The lowest BCUT2D eigenvalue weighted by atomic mass is 10.2. The summed E-state index contributed by atoms with van der Waals surface area (Å²) in [4.78, 5) is 23.0. The molecule has 1 amide bonds. The predicted octanol–water partition coefficient (Wildman–Crippen LogP) is 4.77. The second-order valence-corrected chi connectivity index (χ2v) is 7.92. The topological polar surface area (TPSA) is 54.9 Å². The number of fused-ring (bicyclic) bond motifs is 1. The van der Waals surface area contributed by atoms with Crippen LogP contribution in [-0.2, 0) is 11.3 Å². The van der Waals surface area contributed by atoms with Gasteiger partial charge >= 0.3 is 0 Å². The number of rotatable bonds is 6. The minimum atomic E-state index is -0.00544. The van der Waals surface area contributed by atoms with Crippen molar-refractivity contribution < 1.29 is 4.79 Å². The van der Waals surface area contributed by atoms with Crippen LogP contribution in [-0.4, -0.2) is 21.6 Å². The monoisotopic (exact) mass is 391 g/mol. The first kappa shape index (κ1) is 17.7. The highest BCUT2D eigenvalue weighted by Gasteiger charge is 2.12. The number of thioether (sulfide) groups is 1. The standard InChI is InChI=1S/C21H17N3OS2/c25-19(22-12-15-7-3-1-4-8-15)13-26-20-17-11-18(16-9-5-2-6-10-16)27-21(17)24-14-23-20/h1-11,14H,12-13H2,(H,22,25). The molecule has 134 valence electrons. The summed E-state index contributed by atoms with van der Waals surface area (Å²) in [5, 5.41) is 4.79. The van der Waals surface area contributed by atoms with E-state index in [2.05, 4.69) is 33.5 Å². The van der Waals surface area contributed by atoms with E-state index in [0.717, 1.165) is 31.2 Å². The van der Waals surface area contributed by atoms with Crippen LogP contribution in [0.5, 0.6) is 0 Å². The largest absolute Gasteiger partial charge is 0.351 e. The highest BCUT2D eigenvalue weighted by molar-refractivity contribution is 8.00. The molecule has 0 bridgehead atoms. The first-order valence-electron chi connectivity index (χ1n) is 8.53. The molecule has 0 unspecified atom stereocenters. The Bertz CT molecular complexity index is 1050. The number of amides is 1. The van der Waals surface area contributed by atoms with Crippen LogP contribution in [0.1, 0.15) is 5.56 Å². The lowest BCUT2D eigenvalue weighted by Gasteiger charge is -2.05.